The number of nitrogens with zero attached hydrogens (tertiary/aromatic N) is 1. The number of unbranched alkanes of at least 4 members (excludes halogenated alkanes) is 1. The Balaban J connectivity index is 2.05. The van der Waals surface area contributed by atoms with Crippen LogP contribution in [0.2, 0.25) is 0 Å². The second-order valence-electron chi connectivity index (χ2n) is 4.48. The van der Waals surface area contributed by atoms with Crippen LogP contribution >= 0.6 is 0 Å². The molecule has 2 amide bonds. The molecule has 4 nitrogen and oxygen atoms in total. The van der Waals surface area contributed by atoms with Gasteiger partial charge in [0.2, 0.25) is 11.8 Å². The Morgan fingerprint density at radius 3 is 2.56 bits per heavy atom. The van der Waals surface area contributed by atoms with Gasteiger partial charge in [-0.1, -0.05) is 30.3 Å². The van der Waals surface area contributed by atoms with Crippen LogP contribution in [-0.4, -0.2) is 35.0 Å². The largest absolute Gasteiger partial charge is 0.396 e. The molecule has 1 aliphatic rings. The summed E-state index contributed by atoms with van der Waals surface area (Å²) in [6, 6.07) is 9.41. The lowest BCUT2D eigenvalue weighted by Crippen LogP contribution is -2.31. The third-order valence-electron chi connectivity index (χ3n) is 3.24. The minimum atomic E-state index is -0.326. The Labute approximate surface area is 106 Å². The fourth-order valence-corrected chi connectivity index (χ4v) is 2.25. The number of rotatable bonds is 5. The van der Waals surface area contributed by atoms with E-state index in [2.05, 4.69) is 0 Å². The quantitative estimate of drug-likeness (QED) is 0.630. The minimum absolute atomic E-state index is 0.0956. The van der Waals surface area contributed by atoms with Gasteiger partial charge in [0.25, 0.3) is 0 Å². The molecule has 1 N–H and O–H groups in total. The van der Waals surface area contributed by atoms with Crippen LogP contribution in [0, 0.1) is 0 Å². The van der Waals surface area contributed by atoms with Crippen LogP contribution in [0.4, 0.5) is 0 Å². The molecule has 1 fully saturated rings. The van der Waals surface area contributed by atoms with E-state index < -0.39 is 0 Å². The lowest BCUT2D eigenvalue weighted by molar-refractivity contribution is -0.138. The average molecular weight is 247 g/mol. The van der Waals surface area contributed by atoms with Crippen molar-refractivity contribution < 1.29 is 14.7 Å². The van der Waals surface area contributed by atoms with Crippen molar-refractivity contribution in [2.24, 2.45) is 0 Å². The Morgan fingerprint density at radius 1 is 1.17 bits per heavy atom. The maximum absolute atomic E-state index is 12.2. The molecule has 0 bridgehead atoms. The molecular formula is C14H17NO3. The van der Waals surface area contributed by atoms with E-state index >= 15 is 0 Å². The van der Waals surface area contributed by atoms with Crippen LogP contribution in [-0.2, 0) is 9.59 Å². The zero-order valence-corrected chi connectivity index (χ0v) is 10.2. The zero-order chi connectivity index (χ0) is 13.0. The molecule has 96 valence electrons. The second kappa shape index (κ2) is 5.78. The van der Waals surface area contributed by atoms with E-state index in [1.165, 1.54) is 4.90 Å². The van der Waals surface area contributed by atoms with Crippen LogP contribution in [0.15, 0.2) is 30.3 Å². The highest BCUT2D eigenvalue weighted by molar-refractivity contribution is 6.06. The van der Waals surface area contributed by atoms with Gasteiger partial charge >= 0.3 is 0 Å². The predicted molar refractivity (Wildman–Crippen MR) is 66.8 cm³/mol. The molecule has 4 heteroatoms. The monoisotopic (exact) mass is 247 g/mol. The van der Waals surface area contributed by atoms with Gasteiger partial charge in [-0.3, -0.25) is 14.5 Å². The number of carbonyl (C=O) groups excluding carboxylic acids is 2. The second-order valence-corrected chi connectivity index (χ2v) is 4.48. The van der Waals surface area contributed by atoms with Gasteiger partial charge in [0.15, 0.2) is 0 Å². The average Bonchev–Trinajstić information content (AvgIpc) is 2.68. The first-order valence-corrected chi connectivity index (χ1v) is 6.24. The number of amides is 2. The molecule has 1 heterocycles. The number of likely N-dealkylation sites (tertiary alicyclic amines) is 1. The van der Waals surface area contributed by atoms with Crippen LogP contribution in [0.25, 0.3) is 0 Å². The van der Waals surface area contributed by atoms with Crippen LogP contribution in [0.3, 0.4) is 0 Å². The van der Waals surface area contributed by atoms with Crippen molar-refractivity contribution in [1.82, 2.24) is 4.90 Å². The summed E-state index contributed by atoms with van der Waals surface area (Å²) in [5.41, 5.74) is 0.903. The third kappa shape index (κ3) is 2.59. The lowest BCUT2D eigenvalue weighted by atomic mass is 9.98. The Kier molecular flexibility index (Phi) is 4.10. The highest BCUT2D eigenvalue weighted by Crippen LogP contribution is 2.29. The van der Waals surface area contributed by atoms with Gasteiger partial charge in [0.05, 0.1) is 5.92 Å². The van der Waals surface area contributed by atoms with Crippen molar-refractivity contribution in [3.05, 3.63) is 35.9 Å². The molecular weight excluding hydrogens is 230 g/mol. The summed E-state index contributed by atoms with van der Waals surface area (Å²) in [5.74, 6) is -0.538. The molecule has 0 aromatic heterocycles. The van der Waals surface area contributed by atoms with Gasteiger partial charge in [-0.25, -0.2) is 0 Å². The molecule has 1 aliphatic heterocycles. The van der Waals surface area contributed by atoms with Crippen molar-refractivity contribution in [1.29, 1.82) is 0 Å². The van der Waals surface area contributed by atoms with Gasteiger partial charge < -0.3 is 5.11 Å². The maximum Gasteiger partial charge on any atom is 0.237 e. The molecule has 1 saturated heterocycles. The number of aliphatic hydroxyl groups is 1. The van der Waals surface area contributed by atoms with Crippen LogP contribution in [0.1, 0.15) is 30.7 Å². The van der Waals surface area contributed by atoms with E-state index in [0.717, 1.165) is 5.56 Å². The van der Waals surface area contributed by atoms with E-state index in [9.17, 15) is 9.59 Å². The van der Waals surface area contributed by atoms with Crippen molar-refractivity contribution >= 4 is 11.8 Å². The van der Waals surface area contributed by atoms with Crippen LogP contribution in [0.5, 0.6) is 0 Å². The van der Waals surface area contributed by atoms with Gasteiger partial charge in [0, 0.05) is 19.6 Å². The number of aliphatic hydroxyl groups excluding tert-OH is 1. The van der Waals surface area contributed by atoms with E-state index in [-0.39, 0.29) is 30.8 Å². The molecule has 0 saturated carbocycles. The summed E-state index contributed by atoms with van der Waals surface area (Å²) in [5, 5.41) is 8.71. The fourth-order valence-electron chi connectivity index (χ4n) is 2.25. The smallest absolute Gasteiger partial charge is 0.237 e. The molecule has 18 heavy (non-hydrogen) atoms. The topological polar surface area (TPSA) is 57.6 Å². The first-order valence-electron chi connectivity index (χ1n) is 6.24. The Bertz CT molecular complexity index is 430. The number of imide groups is 1. The molecule has 1 aromatic rings. The molecule has 1 atom stereocenters. The van der Waals surface area contributed by atoms with Gasteiger partial charge in [-0.15, -0.1) is 0 Å². The summed E-state index contributed by atoms with van der Waals surface area (Å²) in [6.07, 6.45) is 1.55. The summed E-state index contributed by atoms with van der Waals surface area (Å²) in [7, 11) is 0. The zero-order valence-electron chi connectivity index (χ0n) is 10.2. The van der Waals surface area contributed by atoms with E-state index in [0.29, 0.717) is 19.4 Å². The van der Waals surface area contributed by atoms with E-state index in [1.807, 2.05) is 30.3 Å². The number of benzene rings is 1. The van der Waals surface area contributed by atoms with Crippen molar-refractivity contribution in [3.8, 4) is 0 Å². The SMILES string of the molecule is O=C1CC(c2ccccc2)C(=O)N1CCCCO. The Hall–Kier alpha value is -1.68. The Morgan fingerprint density at radius 2 is 1.89 bits per heavy atom. The van der Waals surface area contributed by atoms with Crippen molar-refractivity contribution in [2.75, 3.05) is 13.2 Å². The van der Waals surface area contributed by atoms with Gasteiger partial charge in [0.1, 0.15) is 0 Å². The van der Waals surface area contributed by atoms with E-state index in [1.54, 1.807) is 0 Å². The fraction of sp³-hybridized carbons (Fsp3) is 0.429. The molecule has 0 radical (unpaired) electrons. The summed E-state index contributed by atoms with van der Waals surface area (Å²) < 4.78 is 0. The molecule has 1 unspecified atom stereocenters. The van der Waals surface area contributed by atoms with Gasteiger partial charge in [-0.05, 0) is 18.4 Å². The number of hydrogen-bond acceptors (Lipinski definition) is 3. The summed E-state index contributed by atoms with van der Waals surface area (Å²) >= 11 is 0. The van der Waals surface area contributed by atoms with Crippen LogP contribution < -0.4 is 0 Å². The predicted octanol–water partition coefficient (Wildman–Crippen LogP) is 1.30. The third-order valence-corrected chi connectivity index (χ3v) is 3.24. The maximum atomic E-state index is 12.2. The number of hydrogen-bond donors (Lipinski definition) is 1. The molecule has 0 aliphatic carbocycles. The lowest BCUT2D eigenvalue weighted by Gasteiger charge is -2.14. The minimum Gasteiger partial charge on any atom is -0.396 e. The number of carbonyl (C=O) groups is 2. The van der Waals surface area contributed by atoms with E-state index in [4.69, 9.17) is 5.11 Å². The highest BCUT2D eigenvalue weighted by Gasteiger charge is 2.38. The summed E-state index contributed by atoms with van der Waals surface area (Å²) in [6.45, 7) is 0.514. The summed E-state index contributed by atoms with van der Waals surface area (Å²) in [4.78, 5) is 25.3. The molecule has 1 aromatic carbocycles. The standard InChI is InChI=1S/C14H17NO3/c16-9-5-4-8-15-13(17)10-12(14(15)18)11-6-2-1-3-7-11/h1-3,6-7,12,16H,4-5,8-10H2. The first kappa shape index (κ1) is 12.8. The van der Waals surface area contributed by atoms with Crippen molar-refractivity contribution in [2.45, 2.75) is 25.2 Å². The molecule has 0 spiro atoms. The molecule has 2 rings (SSSR count). The first-order chi connectivity index (χ1) is 8.74. The van der Waals surface area contributed by atoms with Gasteiger partial charge in [-0.2, -0.15) is 0 Å². The van der Waals surface area contributed by atoms with Crippen molar-refractivity contribution in [3.63, 3.8) is 0 Å². The normalized spacial score (nSPS) is 19.6. The highest BCUT2D eigenvalue weighted by atomic mass is 16.3.